The van der Waals surface area contributed by atoms with Crippen LogP contribution < -0.4 is 16.0 Å². The molecular weight excluding hydrogens is 364 g/mol. The smallest absolute Gasteiger partial charge is 0.175 e. The molecule has 1 aromatic carbocycles. The number of ether oxygens (including phenoxy) is 1. The molecule has 7 nitrogen and oxygen atoms in total. The molecule has 3 N–H and O–H groups in total. The van der Waals surface area contributed by atoms with Crippen LogP contribution in [0.3, 0.4) is 0 Å². The summed E-state index contributed by atoms with van der Waals surface area (Å²) in [5.74, 6) is 0.665. The van der Waals surface area contributed by atoms with E-state index in [-0.39, 0.29) is 18.4 Å². The first-order valence-electron chi connectivity index (χ1n) is 9.61. The number of hydrogen-bond donors (Lipinski definition) is 3. The summed E-state index contributed by atoms with van der Waals surface area (Å²) in [5.41, 5.74) is 1.02. The maximum atomic E-state index is 11.7. The first-order chi connectivity index (χ1) is 12.9. The van der Waals surface area contributed by atoms with Gasteiger partial charge in [0, 0.05) is 26.5 Å². The van der Waals surface area contributed by atoms with Crippen LogP contribution in [0.15, 0.2) is 29.2 Å². The summed E-state index contributed by atoms with van der Waals surface area (Å²) < 4.78 is 29.2. The molecule has 4 unspecified atom stereocenters. The van der Waals surface area contributed by atoms with E-state index in [1.165, 1.54) is 19.1 Å². The van der Waals surface area contributed by atoms with Crippen LogP contribution in [-0.2, 0) is 14.6 Å². The third-order valence-corrected chi connectivity index (χ3v) is 6.66. The van der Waals surface area contributed by atoms with Gasteiger partial charge >= 0.3 is 0 Å². The molecule has 0 radical (unpaired) electrons. The minimum absolute atomic E-state index is 0.0376. The molecular formula is C19H32N4O3S. The highest BCUT2D eigenvalue weighted by molar-refractivity contribution is 7.90. The summed E-state index contributed by atoms with van der Waals surface area (Å²) >= 11 is 0. The van der Waals surface area contributed by atoms with Crippen LogP contribution in [0.25, 0.3) is 0 Å². The van der Waals surface area contributed by atoms with Gasteiger partial charge in [-0.2, -0.15) is 0 Å². The van der Waals surface area contributed by atoms with Crippen molar-refractivity contribution in [3.05, 3.63) is 29.8 Å². The molecule has 2 aliphatic rings. The van der Waals surface area contributed by atoms with Crippen LogP contribution in [-0.4, -0.2) is 72.3 Å². The summed E-state index contributed by atoms with van der Waals surface area (Å²) in [6, 6.07) is 7.06. The van der Waals surface area contributed by atoms with Crippen LogP contribution in [0.4, 0.5) is 0 Å². The SMILES string of the molecule is COC1C(c2ccc(S(C)(=O)=O)cc2)NC(NCC2CCCNC2)CN1C. The second kappa shape index (κ2) is 8.98. The molecule has 0 aliphatic carbocycles. The van der Waals surface area contributed by atoms with E-state index in [1.807, 2.05) is 12.1 Å². The van der Waals surface area contributed by atoms with E-state index in [0.717, 1.165) is 31.7 Å². The molecule has 8 heteroatoms. The summed E-state index contributed by atoms with van der Waals surface area (Å²) in [6.45, 7) is 4.03. The maximum Gasteiger partial charge on any atom is 0.175 e. The van der Waals surface area contributed by atoms with Gasteiger partial charge in [-0.1, -0.05) is 12.1 Å². The van der Waals surface area contributed by atoms with Crippen molar-refractivity contribution in [2.45, 2.75) is 36.2 Å². The molecule has 27 heavy (non-hydrogen) atoms. The third-order valence-electron chi connectivity index (χ3n) is 5.53. The Bertz CT molecular complexity index is 704. The van der Waals surface area contributed by atoms with E-state index >= 15 is 0 Å². The van der Waals surface area contributed by atoms with Gasteiger partial charge in [-0.05, 0) is 56.6 Å². The van der Waals surface area contributed by atoms with Gasteiger partial charge in [0.2, 0.25) is 0 Å². The Kier molecular flexibility index (Phi) is 6.88. The zero-order valence-corrected chi connectivity index (χ0v) is 17.3. The van der Waals surface area contributed by atoms with Gasteiger partial charge in [-0.15, -0.1) is 0 Å². The number of methoxy groups -OCH3 is 1. The van der Waals surface area contributed by atoms with Crippen LogP contribution in [0.2, 0.25) is 0 Å². The Morgan fingerprint density at radius 2 is 2.04 bits per heavy atom. The van der Waals surface area contributed by atoms with Crippen molar-refractivity contribution in [3.8, 4) is 0 Å². The number of likely N-dealkylation sites (N-methyl/N-ethyl adjacent to an activating group) is 1. The monoisotopic (exact) mass is 396 g/mol. The van der Waals surface area contributed by atoms with Crippen molar-refractivity contribution in [2.24, 2.45) is 5.92 Å². The standard InChI is InChI=1S/C19H32N4O3S/c1-23-13-17(21-12-14-5-4-10-20-11-14)22-18(19(23)26-2)15-6-8-16(9-7-15)27(3,24)25/h6-9,14,17-22H,4-5,10-13H2,1-3H3. The average molecular weight is 397 g/mol. The minimum atomic E-state index is -3.19. The highest BCUT2D eigenvalue weighted by Crippen LogP contribution is 2.26. The highest BCUT2D eigenvalue weighted by atomic mass is 32.2. The molecule has 2 saturated heterocycles. The Hall–Kier alpha value is -1.03. The van der Waals surface area contributed by atoms with Gasteiger partial charge in [0.05, 0.1) is 17.1 Å². The van der Waals surface area contributed by atoms with Crippen molar-refractivity contribution in [3.63, 3.8) is 0 Å². The predicted molar refractivity (Wildman–Crippen MR) is 106 cm³/mol. The number of sulfone groups is 1. The summed E-state index contributed by atoms with van der Waals surface area (Å²) in [6.07, 6.45) is 3.78. The highest BCUT2D eigenvalue weighted by Gasteiger charge is 2.35. The predicted octanol–water partition coefficient (Wildman–Crippen LogP) is 0.554. The molecule has 0 bridgehead atoms. The van der Waals surface area contributed by atoms with Crippen LogP contribution in [0, 0.1) is 5.92 Å². The summed E-state index contributed by atoms with van der Waals surface area (Å²) in [7, 11) is 0.577. The molecule has 0 spiro atoms. The molecule has 152 valence electrons. The average Bonchev–Trinajstić information content (AvgIpc) is 2.66. The van der Waals surface area contributed by atoms with E-state index in [0.29, 0.717) is 10.8 Å². The van der Waals surface area contributed by atoms with E-state index in [2.05, 4.69) is 27.9 Å². The second-order valence-corrected chi connectivity index (χ2v) is 9.74. The Morgan fingerprint density at radius 1 is 1.30 bits per heavy atom. The number of hydrogen-bond acceptors (Lipinski definition) is 7. The molecule has 2 aliphatic heterocycles. The number of nitrogens with zero attached hydrogens (tertiary/aromatic N) is 1. The Morgan fingerprint density at radius 3 is 2.63 bits per heavy atom. The van der Waals surface area contributed by atoms with Crippen LogP contribution in [0.5, 0.6) is 0 Å². The summed E-state index contributed by atoms with van der Waals surface area (Å²) in [4.78, 5) is 2.53. The van der Waals surface area contributed by atoms with Crippen LogP contribution in [0.1, 0.15) is 24.4 Å². The molecule has 0 amide bonds. The molecule has 3 rings (SSSR count). The molecule has 0 saturated carbocycles. The number of piperazine rings is 1. The minimum Gasteiger partial charge on any atom is -0.364 e. The topological polar surface area (TPSA) is 82.7 Å². The Balaban J connectivity index is 1.69. The van der Waals surface area contributed by atoms with Crippen molar-refractivity contribution < 1.29 is 13.2 Å². The van der Waals surface area contributed by atoms with Crippen molar-refractivity contribution in [2.75, 3.05) is 46.6 Å². The van der Waals surface area contributed by atoms with Gasteiger partial charge in [-0.3, -0.25) is 10.2 Å². The fraction of sp³-hybridized carbons (Fsp3) is 0.684. The fourth-order valence-electron chi connectivity index (χ4n) is 4.03. The third kappa shape index (κ3) is 5.28. The van der Waals surface area contributed by atoms with E-state index in [9.17, 15) is 8.42 Å². The maximum absolute atomic E-state index is 11.7. The van der Waals surface area contributed by atoms with E-state index in [1.54, 1.807) is 19.2 Å². The lowest BCUT2D eigenvalue weighted by molar-refractivity contribution is -0.0768. The second-order valence-electron chi connectivity index (χ2n) is 7.72. The molecule has 2 heterocycles. The Labute approximate surface area is 162 Å². The number of nitrogens with one attached hydrogen (secondary N) is 3. The van der Waals surface area contributed by atoms with Gasteiger partial charge in [0.25, 0.3) is 0 Å². The number of benzene rings is 1. The molecule has 4 atom stereocenters. The number of rotatable bonds is 6. The normalized spacial score (nSPS) is 30.3. The van der Waals surface area contributed by atoms with Gasteiger partial charge in [0.15, 0.2) is 9.84 Å². The molecule has 1 aromatic rings. The lowest BCUT2D eigenvalue weighted by atomic mass is 9.99. The molecule has 0 aromatic heterocycles. The zero-order chi connectivity index (χ0) is 19.4. The van der Waals surface area contributed by atoms with E-state index in [4.69, 9.17) is 4.74 Å². The largest absolute Gasteiger partial charge is 0.364 e. The van der Waals surface area contributed by atoms with Crippen LogP contribution >= 0.6 is 0 Å². The van der Waals surface area contributed by atoms with Gasteiger partial charge in [-0.25, -0.2) is 8.42 Å². The van der Waals surface area contributed by atoms with Gasteiger partial charge < -0.3 is 15.4 Å². The first kappa shape index (κ1) is 20.7. The van der Waals surface area contributed by atoms with Crippen molar-refractivity contribution >= 4 is 9.84 Å². The van der Waals surface area contributed by atoms with Crippen molar-refractivity contribution in [1.82, 2.24) is 20.9 Å². The lowest BCUT2D eigenvalue weighted by Crippen LogP contribution is -2.62. The zero-order valence-electron chi connectivity index (χ0n) is 16.4. The molecule has 2 fully saturated rings. The van der Waals surface area contributed by atoms with E-state index < -0.39 is 9.84 Å². The first-order valence-corrected chi connectivity index (χ1v) is 11.5. The van der Waals surface area contributed by atoms with Gasteiger partial charge in [0.1, 0.15) is 6.23 Å². The number of piperidine rings is 1. The quantitative estimate of drug-likeness (QED) is 0.648. The summed E-state index contributed by atoms with van der Waals surface area (Å²) in [5, 5.41) is 10.8. The fourth-order valence-corrected chi connectivity index (χ4v) is 4.66. The van der Waals surface area contributed by atoms with Crippen molar-refractivity contribution in [1.29, 1.82) is 0 Å². The lowest BCUT2D eigenvalue weighted by Gasteiger charge is -2.44.